The number of nitrogens with zero attached hydrogens (tertiary/aromatic N) is 1. The van der Waals surface area contributed by atoms with Crippen molar-refractivity contribution in [3.63, 3.8) is 0 Å². The first-order valence-electron chi connectivity index (χ1n) is 8.44. The van der Waals surface area contributed by atoms with Gasteiger partial charge in [0.05, 0.1) is 0 Å². The lowest BCUT2D eigenvalue weighted by Crippen LogP contribution is -2.31. The largest absolute Gasteiger partial charge is 0.371 e. The van der Waals surface area contributed by atoms with Gasteiger partial charge in [-0.3, -0.25) is 0 Å². The SMILES string of the molecule is N[C@H](CC1CCCC1)c1ccccc1N1CCCCC1. The summed E-state index contributed by atoms with van der Waals surface area (Å²) in [5, 5.41) is 0. The Morgan fingerprint density at radius 1 is 1.00 bits per heavy atom. The van der Waals surface area contributed by atoms with Crippen LogP contribution < -0.4 is 10.6 Å². The molecule has 0 bridgehead atoms. The Labute approximate surface area is 123 Å². The zero-order valence-corrected chi connectivity index (χ0v) is 12.6. The summed E-state index contributed by atoms with van der Waals surface area (Å²) < 4.78 is 0. The Bertz CT molecular complexity index is 417. The van der Waals surface area contributed by atoms with Crippen LogP contribution in [0.15, 0.2) is 24.3 Å². The molecular formula is C18H28N2. The number of piperidine rings is 1. The second kappa shape index (κ2) is 6.62. The maximum Gasteiger partial charge on any atom is 0.0414 e. The van der Waals surface area contributed by atoms with E-state index in [4.69, 9.17) is 5.73 Å². The van der Waals surface area contributed by atoms with Crippen molar-refractivity contribution in [1.29, 1.82) is 0 Å². The average Bonchev–Trinajstić information content (AvgIpc) is 3.01. The third kappa shape index (κ3) is 3.17. The fraction of sp³-hybridized carbons (Fsp3) is 0.667. The van der Waals surface area contributed by atoms with Crippen LogP contribution in [0.1, 0.15) is 63.0 Å². The molecule has 2 N–H and O–H groups in total. The van der Waals surface area contributed by atoms with Gasteiger partial charge in [0, 0.05) is 24.8 Å². The summed E-state index contributed by atoms with van der Waals surface area (Å²) in [6, 6.07) is 9.06. The molecule has 1 aliphatic heterocycles. The van der Waals surface area contributed by atoms with Crippen LogP contribution in [-0.2, 0) is 0 Å². The van der Waals surface area contributed by atoms with Gasteiger partial charge >= 0.3 is 0 Å². The zero-order valence-electron chi connectivity index (χ0n) is 12.6. The second-order valence-corrected chi connectivity index (χ2v) is 6.60. The fourth-order valence-electron chi connectivity index (χ4n) is 3.96. The molecule has 3 rings (SSSR count). The van der Waals surface area contributed by atoms with E-state index in [0.29, 0.717) is 0 Å². The molecule has 1 aromatic carbocycles. The van der Waals surface area contributed by atoms with E-state index in [1.54, 1.807) is 0 Å². The summed E-state index contributed by atoms with van der Waals surface area (Å²) in [5.41, 5.74) is 9.33. The number of hydrogen-bond acceptors (Lipinski definition) is 2. The molecule has 1 saturated carbocycles. The van der Waals surface area contributed by atoms with Crippen LogP contribution in [0.5, 0.6) is 0 Å². The number of benzene rings is 1. The van der Waals surface area contributed by atoms with Crippen molar-refractivity contribution < 1.29 is 0 Å². The van der Waals surface area contributed by atoms with E-state index >= 15 is 0 Å². The van der Waals surface area contributed by atoms with Crippen LogP contribution in [0.25, 0.3) is 0 Å². The van der Waals surface area contributed by atoms with Crippen LogP contribution in [0, 0.1) is 5.92 Å². The molecule has 1 heterocycles. The van der Waals surface area contributed by atoms with Crippen molar-refractivity contribution in [1.82, 2.24) is 0 Å². The van der Waals surface area contributed by atoms with Crippen molar-refractivity contribution in [3.8, 4) is 0 Å². The molecule has 1 aromatic rings. The minimum atomic E-state index is 0.219. The smallest absolute Gasteiger partial charge is 0.0414 e. The van der Waals surface area contributed by atoms with E-state index in [-0.39, 0.29) is 6.04 Å². The molecule has 20 heavy (non-hydrogen) atoms. The average molecular weight is 272 g/mol. The van der Waals surface area contributed by atoms with Gasteiger partial charge in [0.1, 0.15) is 0 Å². The topological polar surface area (TPSA) is 29.3 Å². The van der Waals surface area contributed by atoms with Gasteiger partial charge < -0.3 is 10.6 Å². The zero-order chi connectivity index (χ0) is 13.8. The predicted molar refractivity (Wildman–Crippen MR) is 86.0 cm³/mol. The van der Waals surface area contributed by atoms with E-state index < -0.39 is 0 Å². The van der Waals surface area contributed by atoms with Crippen molar-refractivity contribution in [2.24, 2.45) is 11.7 Å². The number of anilines is 1. The molecule has 2 heteroatoms. The number of para-hydroxylation sites is 1. The Balaban J connectivity index is 1.73. The summed E-state index contributed by atoms with van der Waals surface area (Å²) in [6.45, 7) is 2.40. The van der Waals surface area contributed by atoms with Crippen LogP contribution in [-0.4, -0.2) is 13.1 Å². The van der Waals surface area contributed by atoms with Crippen molar-refractivity contribution in [2.75, 3.05) is 18.0 Å². The van der Waals surface area contributed by atoms with E-state index in [2.05, 4.69) is 29.2 Å². The highest BCUT2D eigenvalue weighted by atomic mass is 15.1. The monoisotopic (exact) mass is 272 g/mol. The van der Waals surface area contributed by atoms with Gasteiger partial charge in [-0.15, -0.1) is 0 Å². The normalized spacial score (nSPS) is 22.1. The lowest BCUT2D eigenvalue weighted by Gasteiger charge is -2.32. The first-order valence-corrected chi connectivity index (χ1v) is 8.44. The van der Waals surface area contributed by atoms with Gasteiger partial charge in [-0.1, -0.05) is 43.9 Å². The van der Waals surface area contributed by atoms with Gasteiger partial charge in [-0.2, -0.15) is 0 Å². The van der Waals surface area contributed by atoms with Crippen molar-refractivity contribution in [3.05, 3.63) is 29.8 Å². The van der Waals surface area contributed by atoms with Crippen molar-refractivity contribution in [2.45, 2.75) is 57.4 Å². The highest BCUT2D eigenvalue weighted by Crippen LogP contribution is 2.35. The summed E-state index contributed by atoms with van der Waals surface area (Å²) in [4.78, 5) is 2.55. The number of rotatable bonds is 4. The molecule has 2 nitrogen and oxygen atoms in total. The van der Waals surface area contributed by atoms with E-state index in [1.807, 2.05) is 0 Å². The number of hydrogen-bond donors (Lipinski definition) is 1. The molecule has 2 fully saturated rings. The molecule has 0 radical (unpaired) electrons. The first-order chi connectivity index (χ1) is 9.84. The standard InChI is InChI=1S/C18H28N2/c19-17(14-15-8-2-3-9-15)16-10-4-5-11-18(16)20-12-6-1-7-13-20/h4-5,10-11,15,17H,1-3,6-9,12-14,19H2/t17-/m1/s1. The van der Waals surface area contributed by atoms with Gasteiger partial charge in [0.25, 0.3) is 0 Å². The maximum atomic E-state index is 6.56. The molecule has 1 atom stereocenters. The Morgan fingerprint density at radius 2 is 1.70 bits per heavy atom. The summed E-state index contributed by atoms with van der Waals surface area (Å²) >= 11 is 0. The fourth-order valence-corrected chi connectivity index (χ4v) is 3.96. The van der Waals surface area contributed by atoms with Gasteiger partial charge in [-0.05, 0) is 43.2 Å². The van der Waals surface area contributed by atoms with E-state index in [0.717, 1.165) is 5.92 Å². The van der Waals surface area contributed by atoms with Gasteiger partial charge in [-0.25, -0.2) is 0 Å². The van der Waals surface area contributed by atoms with Gasteiger partial charge in [0.2, 0.25) is 0 Å². The van der Waals surface area contributed by atoms with Crippen LogP contribution in [0.2, 0.25) is 0 Å². The third-order valence-corrected chi connectivity index (χ3v) is 5.09. The number of nitrogens with two attached hydrogens (primary N) is 1. The van der Waals surface area contributed by atoms with Gasteiger partial charge in [0.15, 0.2) is 0 Å². The van der Waals surface area contributed by atoms with E-state index in [9.17, 15) is 0 Å². The Morgan fingerprint density at radius 3 is 2.45 bits per heavy atom. The van der Waals surface area contributed by atoms with Crippen LogP contribution >= 0.6 is 0 Å². The molecule has 0 spiro atoms. The second-order valence-electron chi connectivity index (χ2n) is 6.60. The molecule has 0 amide bonds. The van der Waals surface area contributed by atoms with Crippen molar-refractivity contribution >= 4 is 5.69 Å². The molecule has 2 aliphatic rings. The van der Waals surface area contributed by atoms with Crippen LogP contribution in [0.3, 0.4) is 0 Å². The summed E-state index contributed by atoms with van der Waals surface area (Å²) in [6.07, 6.45) is 10.8. The Hall–Kier alpha value is -1.02. The molecule has 1 aliphatic carbocycles. The quantitative estimate of drug-likeness (QED) is 0.887. The predicted octanol–water partition coefficient (Wildman–Crippen LogP) is 4.26. The lowest BCUT2D eigenvalue weighted by atomic mass is 9.92. The molecular weight excluding hydrogens is 244 g/mol. The highest BCUT2D eigenvalue weighted by molar-refractivity contribution is 5.55. The summed E-state index contributed by atoms with van der Waals surface area (Å²) in [7, 11) is 0. The Kier molecular flexibility index (Phi) is 4.62. The lowest BCUT2D eigenvalue weighted by molar-refractivity contribution is 0.450. The minimum absolute atomic E-state index is 0.219. The molecule has 0 aromatic heterocycles. The minimum Gasteiger partial charge on any atom is -0.371 e. The van der Waals surface area contributed by atoms with E-state index in [1.165, 1.54) is 75.7 Å². The van der Waals surface area contributed by atoms with Crippen LogP contribution in [0.4, 0.5) is 5.69 Å². The first kappa shape index (κ1) is 13.9. The molecule has 0 unspecified atom stereocenters. The highest BCUT2D eigenvalue weighted by Gasteiger charge is 2.22. The summed E-state index contributed by atoms with van der Waals surface area (Å²) in [5.74, 6) is 0.861. The third-order valence-electron chi connectivity index (χ3n) is 5.09. The molecule has 1 saturated heterocycles. The maximum absolute atomic E-state index is 6.56. The molecule has 110 valence electrons.